The molecule has 2 atom stereocenters. The van der Waals surface area contributed by atoms with Gasteiger partial charge in [-0.1, -0.05) is 6.92 Å². The number of carboxylic acid groups (broad SMARTS) is 1. The van der Waals surface area contributed by atoms with Crippen molar-refractivity contribution in [2.45, 2.75) is 31.4 Å². The average molecular weight is 233 g/mol. The van der Waals surface area contributed by atoms with Crippen LogP contribution in [0.2, 0.25) is 0 Å². The smallest absolute Gasteiger partial charge is 0.319 e. The van der Waals surface area contributed by atoms with Crippen LogP contribution in [0.4, 0.5) is 0 Å². The Hall–Kier alpha value is -0.420. The van der Waals surface area contributed by atoms with Crippen LogP contribution in [0, 0.1) is 0 Å². The van der Waals surface area contributed by atoms with E-state index in [2.05, 4.69) is 4.90 Å². The van der Waals surface area contributed by atoms with E-state index in [4.69, 9.17) is 5.11 Å². The van der Waals surface area contributed by atoms with Crippen molar-refractivity contribution < 1.29 is 14.1 Å². The molecule has 5 heteroatoms. The Bertz CT molecular complexity index is 239. The molecule has 0 saturated carbocycles. The van der Waals surface area contributed by atoms with Gasteiger partial charge in [-0.25, -0.2) is 0 Å². The third-order valence-electron chi connectivity index (χ3n) is 2.77. The van der Waals surface area contributed by atoms with Gasteiger partial charge in [0.05, 0.1) is 0 Å². The maximum absolute atomic E-state index is 11.7. The van der Waals surface area contributed by atoms with Gasteiger partial charge < -0.3 is 10.0 Å². The first-order chi connectivity index (χ1) is 7.15. The first-order valence-corrected chi connectivity index (χ1v) is 6.85. The number of carbonyl (C=O) groups is 1. The highest BCUT2D eigenvalue weighted by Gasteiger charge is 2.23. The fraction of sp³-hybridized carbons (Fsp3) is 0.900. The molecule has 15 heavy (non-hydrogen) atoms. The van der Waals surface area contributed by atoms with Crippen LogP contribution in [0.3, 0.4) is 0 Å². The third-order valence-corrected chi connectivity index (χ3v) is 4.53. The maximum Gasteiger partial charge on any atom is 0.319 e. The van der Waals surface area contributed by atoms with E-state index >= 15 is 0 Å². The highest BCUT2D eigenvalue weighted by atomic mass is 32.2. The fourth-order valence-corrected chi connectivity index (χ4v) is 3.16. The lowest BCUT2D eigenvalue weighted by molar-refractivity contribution is -0.136. The number of carboxylic acids is 1. The van der Waals surface area contributed by atoms with E-state index in [1.807, 2.05) is 0 Å². The van der Waals surface area contributed by atoms with Crippen LogP contribution >= 0.6 is 0 Å². The van der Waals surface area contributed by atoms with Gasteiger partial charge >= 0.3 is 5.97 Å². The van der Waals surface area contributed by atoms with Gasteiger partial charge in [-0.05, 0) is 32.4 Å². The van der Waals surface area contributed by atoms with Crippen molar-refractivity contribution >= 4 is 16.8 Å². The molecule has 0 aromatic carbocycles. The summed E-state index contributed by atoms with van der Waals surface area (Å²) in [6.45, 7) is 4.69. The number of aliphatic carboxylic acids is 1. The predicted molar refractivity (Wildman–Crippen MR) is 60.4 cm³/mol. The number of rotatable bonds is 6. The Morgan fingerprint density at radius 2 is 2.07 bits per heavy atom. The molecule has 1 aliphatic rings. The number of likely N-dealkylation sites (tertiary alicyclic amines) is 1. The van der Waals surface area contributed by atoms with Crippen molar-refractivity contribution in [3.8, 4) is 0 Å². The van der Waals surface area contributed by atoms with Gasteiger partial charge in [-0.15, -0.1) is 0 Å². The molecule has 0 aliphatic carbocycles. The molecule has 2 unspecified atom stereocenters. The van der Waals surface area contributed by atoms with Gasteiger partial charge in [-0.3, -0.25) is 9.00 Å². The van der Waals surface area contributed by atoms with Crippen LogP contribution in [0.15, 0.2) is 0 Å². The lowest BCUT2D eigenvalue weighted by Gasteiger charge is -2.15. The minimum Gasteiger partial charge on any atom is -0.480 e. The molecule has 0 amide bonds. The van der Waals surface area contributed by atoms with Gasteiger partial charge in [0, 0.05) is 23.1 Å². The van der Waals surface area contributed by atoms with E-state index in [-0.39, 0.29) is 0 Å². The molecule has 0 spiro atoms. The zero-order chi connectivity index (χ0) is 11.3. The SMILES string of the molecule is CCC(C(=O)O)S(=O)CCN1CCCC1. The van der Waals surface area contributed by atoms with Crippen LogP contribution in [-0.4, -0.2) is 50.8 Å². The Balaban J connectivity index is 2.30. The molecule has 0 aromatic heterocycles. The zero-order valence-corrected chi connectivity index (χ0v) is 9.96. The number of hydrogen-bond donors (Lipinski definition) is 1. The normalized spacial score (nSPS) is 21.4. The van der Waals surface area contributed by atoms with Crippen LogP contribution in [-0.2, 0) is 15.6 Å². The maximum atomic E-state index is 11.7. The summed E-state index contributed by atoms with van der Waals surface area (Å²) in [6, 6.07) is 0. The van der Waals surface area contributed by atoms with Crippen LogP contribution in [0.25, 0.3) is 0 Å². The molecular formula is C10H19NO3S. The van der Waals surface area contributed by atoms with Crippen molar-refractivity contribution in [2.75, 3.05) is 25.4 Å². The zero-order valence-electron chi connectivity index (χ0n) is 9.15. The van der Waals surface area contributed by atoms with Crippen molar-refractivity contribution in [3.63, 3.8) is 0 Å². The van der Waals surface area contributed by atoms with E-state index < -0.39 is 22.0 Å². The Morgan fingerprint density at radius 3 is 2.53 bits per heavy atom. The summed E-state index contributed by atoms with van der Waals surface area (Å²) in [6.07, 6.45) is 2.87. The first-order valence-electron chi connectivity index (χ1n) is 5.47. The fourth-order valence-electron chi connectivity index (χ4n) is 1.84. The number of nitrogens with zero attached hydrogens (tertiary/aromatic N) is 1. The summed E-state index contributed by atoms with van der Waals surface area (Å²) in [5.41, 5.74) is 0. The summed E-state index contributed by atoms with van der Waals surface area (Å²) >= 11 is 0. The van der Waals surface area contributed by atoms with E-state index in [1.54, 1.807) is 6.92 Å². The minimum atomic E-state index is -1.23. The van der Waals surface area contributed by atoms with Gasteiger partial charge in [0.1, 0.15) is 5.25 Å². The summed E-state index contributed by atoms with van der Waals surface area (Å²) in [5.74, 6) is -0.442. The topological polar surface area (TPSA) is 57.6 Å². The van der Waals surface area contributed by atoms with Crippen LogP contribution < -0.4 is 0 Å². The van der Waals surface area contributed by atoms with Crippen LogP contribution in [0.1, 0.15) is 26.2 Å². The highest BCUT2D eigenvalue weighted by Crippen LogP contribution is 2.08. The Kier molecular flexibility index (Phi) is 5.25. The van der Waals surface area contributed by atoms with Crippen molar-refractivity contribution in [1.82, 2.24) is 4.90 Å². The van der Waals surface area contributed by atoms with Crippen molar-refractivity contribution in [2.24, 2.45) is 0 Å². The molecule has 1 fully saturated rings. The van der Waals surface area contributed by atoms with E-state index in [0.717, 1.165) is 19.6 Å². The van der Waals surface area contributed by atoms with Crippen LogP contribution in [0.5, 0.6) is 0 Å². The van der Waals surface area contributed by atoms with Gasteiger partial charge in [0.25, 0.3) is 0 Å². The van der Waals surface area contributed by atoms with E-state index in [0.29, 0.717) is 12.2 Å². The second kappa shape index (κ2) is 6.23. The predicted octanol–water partition coefficient (Wildman–Crippen LogP) is 0.694. The molecule has 1 N–H and O–H groups in total. The summed E-state index contributed by atoms with van der Waals surface area (Å²) in [4.78, 5) is 13.0. The molecule has 0 bridgehead atoms. The molecule has 1 heterocycles. The molecular weight excluding hydrogens is 214 g/mol. The average Bonchev–Trinajstić information content (AvgIpc) is 2.67. The molecule has 88 valence electrons. The third kappa shape index (κ3) is 3.91. The Morgan fingerprint density at radius 1 is 1.47 bits per heavy atom. The lowest BCUT2D eigenvalue weighted by atomic mass is 10.3. The molecule has 1 saturated heterocycles. The van der Waals surface area contributed by atoms with Gasteiger partial charge in [0.15, 0.2) is 0 Å². The number of hydrogen-bond acceptors (Lipinski definition) is 3. The van der Waals surface area contributed by atoms with Crippen molar-refractivity contribution in [3.05, 3.63) is 0 Å². The van der Waals surface area contributed by atoms with Crippen molar-refractivity contribution in [1.29, 1.82) is 0 Å². The molecule has 0 aromatic rings. The summed E-state index contributed by atoms with van der Waals surface area (Å²) < 4.78 is 11.7. The summed E-state index contributed by atoms with van der Waals surface area (Å²) in [7, 11) is -1.23. The molecule has 4 nitrogen and oxygen atoms in total. The molecule has 1 rings (SSSR count). The Labute approximate surface area is 93.1 Å². The largest absolute Gasteiger partial charge is 0.480 e. The summed E-state index contributed by atoms with van der Waals surface area (Å²) in [5, 5.41) is 8.14. The quantitative estimate of drug-likeness (QED) is 0.733. The van der Waals surface area contributed by atoms with Gasteiger partial charge in [0.2, 0.25) is 0 Å². The lowest BCUT2D eigenvalue weighted by Crippen LogP contribution is -2.31. The second-order valence-electron chi connectivity index (χ2n) is 3.87. The second-order valence-corrected chi connectivity index (χ2v) is 5.61. The molecule has 1 aliphatic heterocycles. The first kappa shape index (κ1) is 12.6. The standard InChI is InChI=1S/C10H19NO3S/c1-2-9(10(12)13)15(14)8-7-11-5-3-4-6-11/h9H,2-8H2,1H3,(H,12,13). The van der Waals surface area contributed by atoms with E-state index in [9.17, 15) is 9.00 Å². The molecule has 0 radical (unpaired) electrons. The highest BCUT2D eigenvalue weighted by molar-refractivity contribution is 7.86. The van der Waals surface area contributed by atoms with E-state index in [1.165, 1.54) is 12.8 Å². The van der Waals surface area contributed by atoms with Gasteiger partial charge in [-0.2, -0.15) is 0 Å². The minimum absolute atomic E-state index is 0.446. The monoisotopic (exact) mass is 233 g/mol.